The van der Waals surface area contributed by atoms with Gasteiger partial charge in [0.2, 0.25) is 5.91 Å². The Hall–Kier alpha value is -2.69. The van der Waals surface area contributed by atoms with E-state index >= 15 is 0 Å². The van der Waals surface area contributed by atoms with Gasteiger partial charge in [0, 0.05) is 35.5 Å². The van der Waals surface area contributed by atoms with Gasteiger partial charge in [0.1, 0.15) is 5.82 Å². The molecule has 1 atom stereocenters. The van der Waals surface area contributed by atoms with Gasteiger partial charge in [0.15, 0.2) is 0 Å². The van der Waals surface area contributed by atoms with Crippen LogP contribution in [0.25, 0.3) is 10.9 Å². The standard InChI is InChI=1S/C18H18N4O/c1-11(2)22-18-15(10-20-22)14(9-17(23)21-18)12-5-6-16-13(8-12)4-3-7-19-16/h3-8,10-11,14H,9H2,1-2H3,(H,21,23). The fourth-order valence-corrected chi connectivity index (χ4v) is 3.24. The zero-order valence-electron chi connectivity index (χ0n) is 13.2. The largest absolute Gasteiger partial charge is 0.311 e. The van der Waals surface area contributed by atoms with E-state index in [2.05, 4.69) is 41.4 Å². The molecule has 0 saturated carbocycles. The number of fused-ring (bicyclic) bond motifs is 2. The molecule has 1 N–H and O–H groups in total. The highest BCUT2D eigenvalue weighted by atomic mass is 16.1. The lowest BCUT2D eigenvalue weighted by Crippen LogP contribution is -2.25. The number of nitrogens with one attached hydrogen (secondary N) is 1. The number of anilines is 1. The van der Waals surface area contributed by atoms with Crippen LogP contribution in [0.2, 0.25) is 0 Å². The van der Waals surface area contributed by atoms with E-state index in [9.17, 15) is 4.79 Å². The Morgan fingerprint density at radius 2 is 2.17 bits per heavy atom. The minimum atomic E-state index is 0.0378. The second-order valence-electron chi connectivity index (χ2n) is 6.25. The van der Waals surface area contributed by atoms with Gasteiger partial charge in [-0.2, -0.15) is 5.10 Å². The highest BCUT2D eigenvalue weighted by Gasteiger charge is 2.30. The Morgan fingerprint density at radius 3 is 3.00 bits per heavy atom. The average Bonchev–Trinajstić information content (AvgIpc) is 2.97. The minimum absolute atomic E-state index is 0.0378. The van der Waals surface area contributed by atoms with Crippen LogP contribution in [0.4, 0.5) is 5.82 Å². The highest BCUT2D eigenvalue weighted by Crippen LogP contribution is 2.38. The number of nitrogens with zero attached hydrogens (tertiary/aromatic N) is 3. The second kappa shape index (κ2) is 5.19. The molecule has 5 nitrogen and oxygen atoms in total. The maximum Gasteiger partial charge on any atom is 0.226 e. The van der Waals surface area contributed by atoms with Crippen molar-refractivity contribution >= 4 is 22.6 Å². The quantitative estimate of drug-likeness (QED) is 0.788. The van der Waals surface area contributed by atoms with Crippen molar-refractivity contribution in [2.75, 3.05) is 5.32 Å². The number of aromatic nitrogens is 3. The van der Waals surface area contributed by atoms with Gasteiger partial charge < -0.3 is 5.32 Å². The Labute approximate surface area is 134 Å². The van der Waals surface area contributed by atoms with Crippen LogP contribution in [0.15, 0.2) is 42.7 Å². The summed E-state index contributed by atoms with van der Waals surface area (Å²) in [5.41, 5.74) is 3.18. The third-order valence-electron chi connectivity index (χ3n) is 4.37. The van der Waals surface area contributed by atoms with E-state index in [1.54, 1.807) is 6.20 Å². The molecule has 1 aliphatic rings. The highest BCUT2D eigenvalue weighted by molar-refractivity contribution is 5.94. The Balaban J connectivity index is 1.84. The molecular formula is C18H18N4O. The lowest BCUT2D eigenvalue weighted by atomic mass is 9.87. The van der Waals surface area contributed by atoms with Crippen LogP contribution in [0.1, 0.15) is 43.4 Å². The van der Waals surface area contributed by atoms with Crippen molar-refractivity contribution in [1.29, 1.82) is 0 Å². The van der Waals surface area contributed by atoms with Crippen molar-refractivity contribution in [2.24, 2.45) is 0 Å². The Morgan fingerprint density at radius 1 is 1.30 bits per heavy atom. The average molecular weight is 306 g/mol. The smallest absolute Gasteiger partial charge is 0.226 e. The summed E-state index contributed by atoms with van der Waals surface area (Å²) in [6.45, 7) is 4.12. The summed E-state index contributed by atoms with van der Waals surface area (Å²) in [7, 11) is 0. The van der Waals surface area contributed by atoms with Crippen molar-refractivity contribution in [1.82, 2.24) is 14.8 Å². The predicted octanol–water partition coefficient (Wildman–Crippen LogP) is 3.49. The number of amides is 1. The first-order valence-corrected chi connectivity index (χ1v) is 7.85. The fraction of sp³-hybridized carbons (Fsp3) is 0.278. The van der Waals surface area contributed by atoms with Gasteiger partial charge in [0.05, 0.1) is 11.7 Å². The van der Waals surface area contributed by atoms with Gasteiger partial charge in [0.25, 0.3) is 0 Å². The SMILES string of the molecule is CC(C)n1ncc2c1NC(=O)CC2c1ccc2ncccc2c1. The lowest BCUT2D eigenvalue weighted by molar-refractivity contribution is -0.116. The topological polar surface area (TPSA) is 59.8 Å². The normalized spacial score (nSPS) is 17.3. The fourth-order valence-electron chi connectivity index (χ4n) is 3.24. The summed E-state index contributed by atoms with van der Waals surface area (Å²) in [5.74, 6) is 0.902. The number of benzene rings is 1. The third kappa shape index (κ3) is 2.29. The van der Waals surface area contributed by atoms with Gasteiger partial charge in [-0.05, 0) is 37.6 Å². The maximum absolute atomic E-state index is 12.2. The molecule has 0 bridgehead atoms. The molecule has 2 aromatic heterocycles. The van der Waals surface area contributed by atoms with E-state index in [-0.39, 0.29) is 17.9 Å². The summed E-state index contributed by atoms with van der Waals surface area (Å²) in [5, 5.41) is 8.53. The summed E-state index contributed by atoms with van der Waals surface area (Å²) in [4.78, 5) is 16.5. The number of rotatable bonds is 2. The molecule has 3 aromatic rings. The van der Waals surface area contributed by atoms with Crippen LogP contribution < -0.4 is 5.32 Å². The molecule has 0 saturated heterocycles. The van der Waals surface area contributed by atoms with Crippen molar-refractivity contribution in [3.8, 4) is 0 Å². The monoisotopic (exact) mass is 306 g/mol. The third-order valence-corrected chi connectivity index (χ3v) is 4.37. The van der Waals surface area contributed by atoms with E-state index in [4.69, 9.17) is 0 Å². The molecule has 4 rings (SSSR count). The van der Waals surface area contributed by atoms with Crippen LogP contribution in [0.3, 0.4) is 0 Å². The maximum atomic E-state index is 12.2. The summed E-state index contributed by atoms with van der Waals surface area (Å²) in [6, 6.07) is 10.4. The Bertz CT molecular complexity index is 897. The number of pyridine rings is 1. The van der Waals surface area contributed by atoms with Crippen molar-refractivity contribution in [3.05, 3.63) is 53.9 Å². The van der Waals surface area contributed by atoms with E-state index in [1.165, 1.54) is 0 Å². The molecule has 0 aliphatic carbocycles. The first-order valence-electron chi connectivity index (χ1n) is 7.85. The molecule has 1 aromatic carbocycles. The van der Waals surface area contributed by atoms with Gasteiger partial charge in [-0.25, -0.2) is 4.68 Å². The van der Waals surface area contributed by atoms with E-state index in [0.717, 1.165) is 27.8 Å². The van der Waals surface area contributed by atoms with Gasteiger partial charge in [-0.1, -0.05) is 12.1 Å². The van der Waals surface area contributed by atoms with Crippen LogP contribution in [-0.2, 0) is 4.79 Å². The molecule has 0 fully saturated rings. The van der Waals surface area contributed by atoms with E-state index in [1.807, 2.05) is 29.1 Å². The lowest BCUT2D eigenvalue weighted by Gasteiger charge is -2.24. The zero-order valence-corrected chi connectivity index (χ0v) is 13.2. The first kappa shape index (κ1) is 13.9. The van der Waals surface area contributed by atoms with E-state index < -0.39 is 0 Å². The van der Waals surface area contributed by atoms with Crippen LogP contribution >= 0.6 is 0 Å². The zero-order chi connectivity index (χ0) is 16.0. The number of hydrogen-bond acceptors (Lipinski definition) is 3. The molecule has 5 heteroatoms. The van der Waals surface area contributed by atoms with Crippen molar-refractivity contribution in [3.63, 3.8) is 0 Å². The van der Waals surface area contributed by atoms with Gasteiger partial charge >= 0.3 is 0 Å². The molecule has 23 heavy (non-hydrogen) atoms. The molecule has 116 valence electrons. The van der Waals surface area contributed by atoms with E-state index in [0.29, 0.717) is 6.42 Å². The molecule has 0 spiro atoms. The van der Waals surface area contributed by atoms with Crippen LogP contribution in [-0.4, -0.2) is 20.7 Å². The molecule has 1 amide bonds. The molecular weight excluding hydrogens is 288 g/mol. The molecule has 3 heterocycles. The molecule has 1 aliphatic heterocycles. The second-order valence-corrected chi connectivity index (χ2v) is 6.25. The molecule has 1 unspecified atom stereocenters. The van der Waals surface area contributed by atoms with Crippen LogP contribution in [0, 0.1) is 0 Å². The van der Waals surface area contributed by atoms with Crippen molar-refractivity contribution in [2.45, 2.75) is 32.2 Å². The summed E-state index contributed by atoms with van der Waals surface area (Å²) < 4.78 is 1.88. The minimum Gasteiger partial charge on any atom is -0.311 e. The summed E-state index contributed by atoms with van der Waals surface area (Å²) in [6.07, 6.45) is 4.12. The number of carbonyl (C=O) groups excluding carboxylic acids is 1. The summed E-state index contributed by atoms with van der Waals surface area (Å²) >= 11 is 0. The van der Waals surface area contributed by atoms with Gasteiger partial charge in [-0.15, -0.1) is 0 Å². The van der Waals surface area contributed by atoms with Gasteiger partial charge in [-0.3, -0.25) is 9.78 Å². The first-order chi connectivity index (χ1) is 11.1. The Kier molecular flexibility index (Phi) is 3.15. The number of hydrogen-bond donors (Lipinski definition) is 1. The van der Waals surface area contributed by atoms with Crippen LogP contribution in [0.5, 0.6) is 0 Å². The van der Waals surface area contributed by atoms with Crippen molar-refractivity contribution < 1.29 is 4.79 Å². The predicted molar refractivity (Wildman–Crippen MR) is 89.4 cm³/mol. The number of carbonyl (C=O) groups is 1. The molecule has 0 radical (unpaired) electrons.